The Morgan fingerprint density at radius 2 is 1.52 bits per heavy atom. The van der Waals surface area contributed by atoms with Gasteiger partial charge in [-0.15, -0.1) is 0 Å². The van der Waals surface area contributed by atoms with E-state index in [1.807, 2.05) is 18.2 Å². The summed E-state index contributed by atoms with van der Waals surface area (Å²) in [6, 6.07) is 9.20. The van der Waals surface area contributed by atoms with Crippen molar-refractivity contribution in [2.45, 2.75) is 149 Å². The van der Waals surface area contributed by atoms with Gasteiger partial charge in [-0.3, -0.25) is 9.59 Å². The monoisotopic (exact) mass is 658 g/mol. The Morgan fingerprint density at radius 1 is 0.896 bits per heavy atom. The van der Waals surface area contributed by atoms with Gasteiger partial charge in [0.05, 0.1) is 34.9 Å². The molecule has 5 rings (SSSR count). The molecule has 2 aliphatic rings. The van der Waals surface area contributed by atoms with E-state index in [9.17, 15) is 19.5 Å². The van der Waals surface area contributed by atoms with Gasteiger partial charge in [0, 0.05) is 16.5 Å². The summed E-state index contributed by atoms with van der Waals surface area (Å²) in [7, 11) is 0. The second kappa shape index (κ2) is 16.7. The summed E-state index contributed by atoms with van der Waals surface area (Å²) in [5, 5.41) is 12.0. The third-order valence-electron chi connectivity index (χ3n) is 10.3. The summed E-state index contributed by atoms with van der Waals surface area (Å²) >= 11 is 0. The number of nitrogens with zero attached hydrogens (tertiary/aromatic N) is 2. The number of aliphatic hydroxyl groups is 1. The summed E-state index contributed by atoms with van der Waals surface area (Å²) in [6.07, 6.45) is 18.9. The number of carbonyl (C=O) groups is 2. The first kappa shape index (κ1) is 35.8. The van der Waals surface area contributed by atoms with E-state index in [0.717, 1.165) is 49.5 Å². The molecule has 1 aromatic carbocycles. The SMILES string of the molecule is CCCCCCCCCC(CCCCCCCCC)C(=O)Oc1ccc2nc3c(cc2c1)Cn1c-3cc2c(c1=O)COC(=O)[C@]2(O)CC. The molecule has 0 radical (unpaired) electrons. The van der Waals surface area contributed by atoms with Gasteiger partial charge in [0.1, 0.15) is 12.4 Å². The van der Waals surface area contributed by atoms with Crippen molar-refractivity contribution in [3.63, 3.8) is 0 Å². The Morgan fingerprint density at radius 3 is 2.15 bits per heavy atom. The van der Waals surface area contributed by atoms with E-state index >= 15 is 0 Å². The van der Waals surface area contributed by atoms with Crippen LogP contribution in [-0.2, 0) is 33.1 Å². The third-order valence-corrected chi connectivity index (χ3v) is 10.3. The minimum atomic E-state index is -1.86. The molecule has 1 N–H and O–H groups in total. The molecule has 0 saturated heterocycles. The zero-order valence-electron chi connectivity index (χ0n) is 29.3. The van der Waals surface area contributed by atoms with Crippen molar-refractivity contribution in [3.05, 3.63) is 57.4 Å². The zero-order valence-corrected chi connectivity index (χ0v) is 29.3. The Balaban J connectivity index is 1.29. The third kappa shape index (κ3) is 8.02. The molecule has 0 fully saturated rings. The number of fused-ring (bicyclic) bond motifs is 5. The van der Waals surface area contributed by atoms with Crippen molar-refractivity contribution in [2.24, 2.45) is 5.92 Å². The van der Waals surface area contributed by atoms with Crippen LogP contribution in [0.3, 0.4) is 0 Å². The summed E-state index contributed by atoms with van der Waals surface area (Å²) in [5.74, 6) is -0.480. The van der Waals surface area contributed by atoms with E-state index in [1.54, 1.807) is 23.6 Å². The van der Waals surface area contributed by atoms with Crippen LogP contribution in [0.1, 0.15) is 147 Å². The van der Waals surface area contributed by atoms with E-state index in [2.05, 4.69) is 13.8 Å². The fourth-order valence-electron chi connectivity index (χ4n) is 7.30. The van der Waals surface area contributed by atoms with E-state index in [-0.39, 0.29) is 30.5 Å². The highest BCUT2D eigenvalue weighted by Gasteiger charge is 2.45. The number of hydrogen-bond acceptors (Lipinski definition) is 7. The first-order valence-electron chi connectivity index (χ1n) is 18.6. The van der Waals surface area contributed by atoms with E-state index in [1.165, 1.54) is 64.2 Å². The Labute approximate surface area is 285 Å². The highest BCUT2D eigenvalue weighted by atomic mass is 16.6. The molecule has 0 amide bonds. The van der Waals surface area contributed by atoms with Gasteiger partial charge < -0.3 is 19.1 Å². The average molecular weight is 659 g/mol. The van der Waals surface area contributed by atoms with Gasteiger partial charge in [0.2, 0.25) is 0 Å². The minimum absolute atomic E-state index is 0.0974. The Kier molecular flexibility index (Phi) is 12.5. The van der Waals surface area contributed by atoms with Crippen LogP contribution in [0, 0.1) is 5.92 Å². The second-order valence-corrected chi connectivity index (χ2v) is 13.9. The van der Waals surface area contributed by atoms with Gasteiger partial charge in [0.15, 0.2) is 5.60 Å². The molecule has 4 heterocycles. The number of aromatic nitrogens is 2. The molecule has 8 nitrogen and oxygen atoms in total. The van der Waals surface area contributed by atoms with Gasteiger partial charge >= 0.3 is 11.9 Å². The second-order valence-electron chi connectivity index (χ2n) is 13.9. The normalized spacial score (nSPS) is 16.6. The number of carbonyl (C=O) groups excluding carboxylic acids is 2. The van der Waals surface area contributed by atoms with Crippen LogP contribution in [0.25, 0.3) is 22.3 Å². The molecule has 0 spiro atoms. The molecule has 0 unspecified atom stereocenters. The lowest BCUT2D eigenvalue weighted by molar-refractivity contribution is -0.172. The highest BCUT2D eigenvalue weighted by Crippen LogP contribution is 2.39. The van der Waals surface area contributed by atoms with E-state index in [0.29, 0.717) is 40.3 Å². The number of rotatable bonds is 19. The lowest BCUT2D eigenvalue weighted by atomic mass is 9.86. The standard InChI is InChI=1S/C40H54N2O6/c1-4-7-9-11-13-15-17-19-28(20-18-16-14-12-10-8-5-2)38(44)48-31-21-22-34-29(24-31)23-30-26-42-35(36(30)41-34)25-33-32(37(42)43)27-47-39(45)40(33,46)6-3/h21-25,28,46H,4-20,26-27H2,1-3H3/t40-/m0/s1. The van der Waals surface area contributed by atoms with Crippen molar-refractivity contribution < 1.29 is 24.2 Å². The van der Waals surface area contributed by atoms with Crippen LogP contribution in [0.4, 0.5) is 0 Å². The Hall–Kier alpha value is -3.52. The average Bonchev–Trinajstić information content (AvgIpc) is 3.44. The number of ether oxygens (including phenoxy) is 2. The van der Waals surface area contributed by atoms with Gasteiger partial charge in [-0.05, 0) is 49.6 Å². The largest absolute Gasteiger partial charge is 0.458 e. The number of pyridine rings is 2. The fourth-order valence-corrected chi connectivity index (χ4v) is 7.30. The topological polar surface area (TPSA) is 108 Å². The van der Waals surface area contributed by atoms with Crippen LogP contribution >= 0.6 is 0 Å². The molecule has 260 valence electrons. The molecule has 2 aliphatic heterocycles. The first-order chi connectivity index (χ1) is 23.3. The number of esters is 2. The van der Waals surface area contributed by atoms with Crippen molar-refractivity contribution in [1.29, 1.82) is 0 Å². The summed E-state index contributed by atoms with van der Waals surface area (Å²) < 4.78 is 12.8. The lowest BCUT2D eigenvalue weighted by Gasteiger charge is -2.31. The minimum Gasteiger partial charge on any atom is -0.458 e. The van der Waals surface area contributed by atoms with Gasteiger partial charge in [-0.2, -0.15) is 0 Å². The maximum Gasteiger partial charge on any atom is 0.343 e. The van der Waals surface area contributed by atoms with Crippen molar-refractivity contribution in [2.75, 3.05) is 0 Å². The van der Waals surface area contributed by atoms with Crippen LogP contribution in [0.2, 0.25) is 0 Å². The molecular formula is C40H54N2O6. The molecule has 48 heavy (non-hydrogen) atoms. The van der Waals surface area contributed by atoms with Crippen LogP contribution in [0.5, 0.6) is 5.75 Å². The quantitative estimate of drug-likeness (QED) is 0.0609. The van der Waals surface area contributed by atoms with Crippen molar-refractivity contribution >= 4 is 22.8 Å². The van der Waals surface area contributed by atoms with Gasteiger partial charge in [-0.25, -0.2) is 9.78 Å². The lowest BCUT2D eigenvalue weighted by Crippen LogP contribution is -2.44. The summed E-state index contributed by atoms with van der Waals surface area (Å²) in [4.78, 5) is 44.4. The highest BCUT2D eigenvalue weighted by molar-refractivity contribution is 5.87. The van der Waals surface area contributed by atoms with Gasteiger partial charge in [-0.1, -0.05) is 111 Å². The van der Waals surface area contributed by atoms with Crippen LogP contribution in [-0.4, -0.2) is 26.6 Å². The number of hydrogen-bond donors (Lipinski definition) is 1. The van der Waals surface area contributed by atoms with Crippen molar-refractivity contribution in [3.8, 4) is 17.1 Å². The molecule has 8 heteroatoms. The molecular weight excluding hydrogens is 604 g/mol. The van der Waals surface area contributed by atoms with Crippen molar-refractivity contribution in [1.82, 2.24) is 9.55 Å². The molecule has 0 saturated carbocycles. The fraction of sp³-hybridized carbons (Fsp3) is 0.600. The summed E-state index contributed by atoms with van der Waals surface area (Å²) in [6.45, 7) is 6.33. The maximum atomic E-state index is 13.5. The molecule has 0 bridgehead atoms. The summed E-state index contributed by atoms with van der Waals surface area (Å²) in [5.41, 5.74) is 1.25. The van der Waals surface area contributed by atoms with Crippen LogP contribution < -0.4 is 10.3 Å². The smallest absolute Gasteiger partial charge is 0.343 e. The predicted molar refractivity (Wildman–Crippen MR) is 189 cm³/mol. The van der Waals surface area contributed by atoms with Crippen LogP contribution in [0.15, 0.2) is 35.1 Å². The molecule has 1 atom stereocenters. The molecule has 3 aromatic rings. The first-order valence-corrected chi connectivity index (χ1v) is 18.6. The predicted octanol–water partition coefficient (Wildman–Crippen LogP) is 8.88. The number of benzene rings is 1. The van der Waals surface area contributed by atoms with E-state index in [4.69, 9.17) is 14.5 Å². The maximum absolute atomic E-state index is 13.5. The van der Waals surface area contributed by atoms with E-state index < -0.39 is 11.6 Å². The molecule has 0 aliphatic carbocycles. The number of unbranched alkanes of at least 4 members (excludes halogenated alkanes) is 12. The zero-order chi connectivity index (χ0) is 34.1. The molecule has 2 aromatic heterocycles. The van der Waals surface area contributed by atoms with Gasteiger partial charge in [0.25, 0.3) is 5.56 Å². The number of cyclic esters (lactones) is 1. The Bertz CT molecular complexity index is 1630.